The van der Waals surface area contributed by atoms with Crippen molar-refractivity contribution in [1.82, 2.24) is 0 Å². The normalized spacial score (nSPS) is 27.0. The second-order valence-corrected chi connectivity index (χ2v) is 6.41. The molecular weight excluding hydrogens is 355 g/mol. The molecular formula is C12H13Br2ClO. The lowest BCUT2D eigenvalue weighted by Crippen LogP contribution is -2.19. The summed E-state index contributed by atoms with van der Waals surface area (Å²) in [5.41, 5.74) is 1.09. The zero-order chi connectivity index (χ0) is 11.7. The van der Waals surface area contributed by atoms with Gasteiger partial charge in [0.25, 0.3) is 0 Å². The number of rotatable bonds is 2. The summed E-state index contributed by atoms with van der Waals surface area (Å²) < 4.78 is 7.79. The quantitative estimate of drug-likeness (QED) is 0.674. The van der Waals surface area contributed by atoms with Crippen molar-refractivity contribution >= 4 is 43.5 Å². The smallest absolute Gasteiger partial charge is 0.0861 e. The van der Waals surface area contributed by atoms with Crippen molar-refractivity contribution in [2.24, 2.45) is 5.92 Å². The minimum Gasteiger partial charge on any atom is -0.376 e. The first kappa shape index (κ1) is 12.9. The third-order valence-electron chi connectivity index (χ3n) is 2.99. The number of hydrogen-bond acceptors (Lipinski definition) is 1. The Bertz CT molecular complexity index is 383. The first-order valence-electron chi connectivity index (χ1n) is 5.30. The van der Waals surface area contributed by atoms with Crippen LogP contribution in [0.4, 0.5) is 0 Å². The molecule has 1 aliphatic heterocycles. The van der Waals surface area contributed by atoms with E-state index in [1.165, 1.54) is 0 Å². The van der Waals surface area contributed by atoms with Crippen LogP contribution in [0.15, 0.2) is 27.1 Å². The highest BCUT2D eigenvalue weighted by molar-refractivity contribution is 9.11. The van der Waals surface area contributed by atoms with E-state index in [2.05, 4.69) is 44.8 Å². The predicted octanol–water partition coefficient (Wildman–Crippen LogP) is 4.92. The van der Waals surface area contributed by atoms with Crippen LogP contribution >= 0.6 is 43.5 Å². The predicted molar refractivity (Wildman–Crippen MR) is 74.0 cm³/mol. The fourth-order valence-corrected chi connectivity index (χ4v) is 3.50. The lowest BCUT2D eigenvalue weighted by atomic mass is 9.97. The summed E-state index contributed by atoms with van der Waals surface area (Å²) in [5.74, 6) is 0.522. The number of alkyl halides is 1. The first-order chi connectivity index (χ1) is 7.59. The van der Waals surface area contributed by atoms with Gasteiger partial charge in [-0.1, -0.05) is 38.8 Å². The van der Waals surface area contributed by atoms with E-state index < -0.39 is 0 Å². The van der Waals surface area contributed by atoms with Gasteiger partial charge in [0.2, 0.25) is 0 Å². The minimum absolute atomic E-state index is 0.0932. The monoisotopic (exact) mass is 366 g/mol. The van der Waals surface area contributed by atoms with E-state index in [1.807, 2.05) is 12.1 Å². The molecule has 1 heterocycles. The Morgan fingerprint density at radius 3 is 2.81 bits per heavy atom. The molecule has 3 atom stereocenters. The maximum atomic E-state index is 6.51. The van der Waals surface area contributed by atoms with Crippen molar-refractivity contribution in [3.8, 4) is 0 Å². The lowest BCUT2D eigenvalue weighted by molar-refractivity contribution is 0.0902. The Kier molecular flexibility index (Phi) is 4.33. The Morgan fingerprint density at radius 1 is 1.44 bits per heavy atom. The van der Waals surface area contributed by atoms with Gasteiger partial charge in [0.1, 0.15) is 0 Å². The van der Waals surface area contributed by atoms with Gasteiger partial charge in [0.05, 0.1) is 11.5 Å². The Morgan fingerprint density at radius 2 is 2.19 bits per heavy atom. The first-order valence-corrected chi connectivity index (χ1v) is 7.32. The summed E-state index contributed by atoms with van der Waals surface area (Å²) in [7, 11) is 0. The second kappa shape index (κ2) is 5.38. The molecule has 1 nitrogen and oxygen atoms in total. The van der Waals surface area contributed by atoms with E-state index in [0.29, 0.717) is 5.92 Å². The molecule has 1 aliphatic rings. The molecule has 88 valence electrons. The summed E-state index contributed by atoms with van der Waals surface area (Å²) >= 11 is 13.5. The van der Waals surface area contributed by atoms with Crippen molar-refractivity contribution in [2.45, 2.75) is 24.8 Å². The van der Waals surface area contributed by atoms with E-state index in [4.69, 9.17) is 16.3 Å². The number of halogens is 3. The van der Waals surface area contributed by atoms with E-state index in [0.717, 1.165) is 27.5 Å². The van der Waals surface area contributed by atoms with E-state index in [-0.39, 0.29) is 11.5 Å². The SMILES string of the molecule is CC1CCOC1C(Cl)c1cc(Br)ccc1Br. The molecule has 0 spiro atoms. The second-order valence-electron chi connectivity index (χ2n) is 4.17. The molecule has 0 N–H and O–H groups in total. The Hall–Kier alpha value is 0.430. The molecule has 1 saturated heterocycles. The minimum atomic E-state index is -0.0932. The van der Waals surface area contributed by atoms with Crippen LogP contribution in [0.3, 0.4) is 0 Å². The van der Waals surface area contributed by atoms with Crippen LogP contribution in [-0.2, 0) is 4.74 Å². The average molecular weight is 368 g/mol. The van der Waals surface area contributed by atoms with Gasteiger partial charge in [0.15, 0.2) is 0 Å². The highest BCUT2D eigenvalue weighted by atomic mass is 79.9. The van der Waals surface area contributed by atoms with Crippen LogP contribution in [0.5, 0.6) is 0 Å². The maximum absolute atomic E-state index is 6.51. The van der Waals surface area contributed by atoms with E-state index in [1.54, 1.807) is 0 Å². The third kappa shape index (κ3) is 2.63. The molecule has 4 heteroatoms. The van der Waals surface area contributed by atoms with Crippen molar-refractivity contribution in [2.75, 3.05) is 6.61 Å². The molecule has 2 rings (SSSR count). The lowest BCUT2D eigenvalue weighted by Gasteiger charge is -2.22. The topological polar surface area (TPSA) is 9.23 Å². The molecule has 0 aromatic heterocycles. The average Bonchev–Trinajstić information content (AvgIpc) is 2.67. The summed E-state index contributed by atoms with van der Waals surface area (Å²) in [6.07, 6.45) is 1.21. The molecule has 1 fully saturated rings. The van der Waals surface area contributed by atoms with Crippen molar-refractivity contribution in [3.63, 3.8) is 0 Å². The van der Waals surface area contributed by atoms with Crippen LogP contribution < -0.4 is 0 Å². The van der Waals surface area contributed by atoms with Crippen LogP contribution in [0.1, 0.15) is 24.3 Å². The third-order valence-corrected chi connectivity index (χ3v) is 4.69. The molecule has 0 aliphatic carbocycles. The number of hydrogen-bond donors (Lipinski definition) is 0. The number of benzene rings is 1. The molecule has 0 amide bonds. The molecule has 0 bridgehead atoms. The van der Waals surface area contributed by atoms with Gasteiger partial charge in [0, 0.05) is 15.6 Å². The Labute approximate surface area is 118 Å². The highest BCUT2D eigenvalue weighted by Gasteiger charge is 2.32. The summed E-state index contributed by atoms with van der Waals surface area (Å²) in [4.78, 5) is 0. The van der Waals surface area contributed by atoms with E-state index >= 15 is 0 Å². The van der Waals surface area contributed by atoms with Crippen LogP contribution in [0.25, 0.3) is 0 Å². The van der Waals surface area contributed by atoms with Crippen molar-refractivity contribution < 1.29 is 4.74 Å². The van der Waals surface area contributed by atoms with Gasteiger partial charge in [-0.25, -0.2) is 0 Å². The van der Waals surface area contributed by atoms with Crippen LogP contribution in [0.2, 0.25) is 0 Å². The summed E-state index contributed by atoms with van der Waals surface area (Å²) in [5, 5.41) is -0.0932. The largest absolute Gasteiger partial charge is 0.376 e. The maximum Gasteiger partial charge on any atom is 0.0861 e. The van der Waals surface area contributed by atoms with Crippen LogP contribution in [0, 0.1) is 5.92 Å². The van der Waals surface area contributed by atoms with Gasteiger partial charge >= 0.3 is 0 Å². The molecule has 16 heavy (non-hydrogen) atoms. The summed E-state index contributed by atoms with van der Waals surface area (Å²) in [6, 6.07) is 6.06. The van der Waals surface area contributed by atoms with Gasteiger partial charge < -0.3 is 4.74 Å². The molecule has 1 aromatic rings. The molecule has 1 aromatic carbocycles. The fraction of sp³-hybridized carbons (Fsp3) is 0.500. The van der Waals surface area contributed by atoms with E-state index in [9.17, 15) is 0 Å². The van der Waals surface area contributed by atoms with Crippen molar-refractivity contribution in [3.05, 3.63) is 32.7 Å². The number of ether oxygens (including phenoxy) is 1. The standard InChI is InChI=1S/C12H13Br2ClO/c1-7-4-5-16-12(7)11(15)9-6-8(13)2-3-10(9)14/h2-3,6-7,11-12H,4-5H2,1H3. The molecule has 0 saturated carbocycles. The zero-order valence-corrected chi connectivity index (χ0v) is 12.8. The highest BCUT2D eigenvalue weighted by Crippen LogP contribution is 2.39. The van der Waals surface area contributed by atoms with Crippen LogP contribution in [-0.4, -0.2) is 12.7 Å². The van der Waals surface area contributed by atoms with Gasteiger partial charge in [-0.05, 0) is 36.1 Å². The van der Waals surface area contributed by atoms with Gasteiger partial charge in [-0.15, -0.1) is 11.6 Å². The molecule has 3 unspecified atom stereocenters. The molecule has 0 radical (unpaired) electrons. The summed E-state index contributed by atoms with van der Waals surface area (Å²) in [6.45, 7) is 3.01. The zero-order valence-electron chi connectivity index (χ0n) is 8.92. The van der Waals surface area contributed by atoms with Crippen molar-refractivity contribution in [1.29, 1.82) is 0 Å². The van der Waals surface area contributed by atoms with Gasteiger partial charge in [-0.2, -0.15) is 0 Å². The fourth-order valence-electron chi connectivity index (χ4n) is 1.99. The Balaban J connectivity index is 2.25. The van der Waals surface area contributed by atoms with Gasteiger partial charge in [-0.3, -0.25) is 0 Å².